The van der Waals surface area contributed by atoms with Crippen LogP contribution in [-0.2, 0) is 10.2 Å². The minimum absolute atomic E-state index is 0. The van der Waals surface area contributed by atoms with Crippen LogP contribution in [0.3, 0.4) is 0 Å². The van der Waals surface area contributed by atoms with Crippen molar-refractivity contribution in [2.24, 2.45) is 0 Å². The molecule has 0 bridgehead atoms. The van der Waals surface area contributed by atoms with Crippen LogP contribution in [0.2, 0.25) is 0 Å². The highest BCUT2D eigenvalue weighted by Gasteiger charge is 2.51. The van der Waals surface area contributed by atoms with E-state index in [0.717, 1.165) is 46.5 Å². The average molecular weight is 389 g/mol. The number of nitrogens with one attached hydrogen (secondary N) is 1. The second-order valence-electron chi connectivity index (χ2n) is 7.68. The Morgan fingerprint density at radius 2 is 1.76 bits per heavy atom. The maximum atomic E-state index is 13.2. The van der Waals surface area contributed by atoms with E-state index in [0.29, 0.717) is 5.75 Å². The van der Waals surface area contributed by atoms with E-state index < -0.39 is 5.41 Å². The summed E-state index contributed by atoms with van der Waals surface area (Å²) in [7, 11) is 0. The minimum Gasteiger partial charge on any atom is -0.508 e. The Bertz CT molecular complexity index is 1110. The molecule has 5 heteroatoms. The van der Waals surface area contributed by atoms with Crippen molar-refractivity contribution in [3.8, 4) is 28.4 Å². The first-order valence-corrected chi connectivity index (χ1v) is 9.67. The van der Waals surface area contributed by atoms with Crippen molar-refractivity contribution >= 4 is 11.6 Å². The highest BCUT2D eigenvalue weighted by atomic mass is 16.7. The van der Waals surface area contributed by atoms with Crippen LogP contribution < -0.4 is 14.8 Å². The van der Waals surface area contributed by atoms with Crippen LogP contribution in [0.1, 0.15) is 25.4 Å². The molecule has 5 nitrogen and oxygen atoms in total. The van der Waals surface area contributed by atoms with Gasteiger partial charge in [-0.25, -0.2) is 0 Å². The molecule has 0 unspecified atom stereocenters. The Hall–Kier alpha value is -3.47. The SMILES string of the molecule is Cc1ccc(NC(=O)C2(c3ccc4c(c3)OCO4)CC2)cc1-c1ccc(O)cc1.[HH]. The number of benzene rings is 3. The molecule has 0 atom stereocenters. The molecule has 3 aromatic rings. The number of aromatic hydroxyl groups is 1. The van der Waals surface area contributed by atoms with Crippen molar-refractivity contribution in [2.45, 2.75) is 25.2 Å². The minimum atomic E-state index is -0.509. The Morgan fingerprint density at radius 3 is 2.52 bits per heavy atom. The molecule has 1 aliphatic carbocycles. The zero-order valence-electron chi connectivity index (χ0n) is 16.1. The van der Waals surface area contributed by atoms with Crippen molar-refractivity contribution in [2.75, 3.05) is 12.1 Å². The Labute approximate surface area is 170 Å². The number of carbonyl (C=O) groups excluding carboxylic acids is 1. The van der Waals surface area contributed by atoms with E-state index in [1.807, 2.05) is 55.5 Å². The molecule has 1 amide bonds. The summed E-state index contributed by atoms with van der Waals surface area (Å²) in [5, 5.41) is 12.6. The van der Waals surface area contributed by atoms with Gasteiger partial charge in [0.05, 0.1) is 5.41 Å². The third kappa shape index (κ3) is 3.09. The molecule has 148 valence electrons. The number of ether oxygens (including phenoxy) is 2. The van der Waals surface area contributed by atoms with Crippen LogP contribution in [0.25, 0.3) is 11.1 Å². The number of phenolic OH excluding ortho intramolecular Hbond substituents is 1. The molecule has 1 fully saturated rings. The van der Waals surface area contributed by atoms with Crippen LogP contribution >= 0.6 is 0 Å². The van der Waals surface area contributed by atoms with Crippen molar-refractivity contribution in [1.82, 2.24) is 0 Å². The van der Waals surface area contributed by atoms with Gasteiger partial charge in [0, 0.05) is 7.11 Å². The lowest BCUT2D eigenvalue weighted by Crippen LogP contribution is -2.27. The second kappa shape index (κ2) is 6.55. The van der Waals surface area contributed by atoms with Crippen molar-refractivity contribution in [1.29, 1.82) is 0 Å². The normalized spacial score (nSPS) is 15.8. The summed E-state index contributed by atoms with van der Waals surface area (Å²) >= 11 is 0. The van der Waals surface area contributed by atoms with E-state index in [1.165, 1.54) is 0 Å². The summed E-state index contributed by atoms with van der Waals surface area (Å²) in [4.78, 5) is 13.2. The summed E-state index contributed by atoms with van der Waals surface area (Å²) in [5.74, 6) is 1.65. The van der Waals surface area contributed by atoms with Gasteiger partial charge in [-0.05, 0) is 78.4 Å². The number of hydrogen-bond donors (Lipinski definition) is 2. The van der Waals surface area contributed by atoms with Gasteiger partial charge in [-0.1, -0.05) is 24.3 Å². The third-order valence-corrected chi connectivity index (χ3v) is 5.78. The molecule has 29 heavy (non-hydrogen) atoms. The van der Waals surface area contributed by atoms with Gasteiger partial charge in [0.25, 0.3) is 0 Å². The van der Waals surface area contributed by atoms with Crippen LogP contribution in [-0.4, -0.2) is 17.8 Å². The van der Waals surface area contributed by atoms with Gasteiger partial charge in [-0.15, -0.1) is 0 Å². The second-order valence-corrected chi connectivity index (χ2v) is 7.68. The third-order valence-electron chi connectivity index (χ3n) is 5.78. The lowest BCUT2D eigenvalue weighted by atomic mass is 9.94. The Balaban J connectivity index is 0.00000218. The van der Waals surface area contributed by atoms with Gasteiger partial charge in [-0.3, -0.25) is 4.79 Å². The molecular weight excluding hydrogens is 366 g/mol. The number of fused-ring (bicyclic) bond motifs is 1. The Kier molecular flexibility index (Phi) is 3.98. The zero-order chi connectivity index (χ0) is 20.0. The summed E-state index contributed by atoms with van der Waals surface area (Å²) in [6.07, 6.45) is 1.63. The highest BCUT2D eigenvalue weighted by molar-refractivity contribution is 6.02. The molecule has 1 aliphatic heterocycles. The van der Waals surface area contributed by atoms with E-state index in [9.17, 15) is 9.90 Å². The van der Waals surface area contributed by atoms with Crippen LogP contribution in [0.5, 0.6) is 17.2 Å². The van der Waals surface area contributed by atoms with Crippen LogP contribution in [0, 0.1) is 6.92 Å². The van der Waals surface area contributed by atoms with E-state index in [4.69, 9.17) is 9.47 Å². The fourth-order valence-electron chi connectivity index (χ4n) is 3.87. The van der Waals surface area contributed by atoms with Gasteiger partial charge in [0.15, 0.2) is 11.5 Å². The van der Waals surface area contributed by atoms with E-state index in [-0.39, 0.29) is 19.9 Å². The molecule has 1 heterocycles. The standard InChI is InChI=1S/C24H21NO4.H2/c1-15-2-6-18(13-20(15)16-3-7-19(26)8-4-16)25-23(27)24(10-11-24)17-5-9-21-22(12-17)29-14-28-21;/h2-9,12-13,26H,10-11,14H2,1H3,(H,25,27);1H. The zero-order valence-corrected chi connectivity index (χ0v) is 16.1. The average Bonchev–Trinajstić information content (AvgIpc) is 3.41. The summed E-state index contributed by atoms with van der Waals surface area (Å²) < 4.78 is 10.9. The van der Waals surface area contributed by atoms with Gasteiger partial charge < -0.3 is 19.9 Å². The largest absolute Gasteiger partial charge is 0.508 e. The lowest BCUT2D eigenvalue weighted by Gasteiger charge is -2.17. The number of aryl methyl sites for hydroxylation is 1. The number of amides is 1. The van der Waals surface area contributed by atoms with E-state index in [1.54, 1.807) is 12.1 Å². The van der Waals surface area contributed by atoms with Crippen molar-refractivity contribution in [3.05, 3.63) is 71.8 Å². The number of carbonyl (C=O) groups is 1. The van der Waals surface area contributed by atoms with Gasteiger partial charge >= 0.3 is 0 Å². The summed E-state index contributed by atoms with van der Waals surface area (Å²) in [5.41, 5.74) is 4.33. The fraction of sp³-hybridized carbons (Fsp3) is 0.208. The predicted molar refractivity (Wildman–Crippen MR) is 113 cm³/mol. The Morgan fingerprint density at radius 1 is 1.00 bits per heavy atom. The molecule has 0 aromatic heterocycles. The highest BCUT2D eigenvalue weighted by Crippen LogP contribution is 2.51. The topological polar surface area (TPSA) is 67.8 Å². The van der Waals surface area contributed by atoms with E-state index in [2.05, 4.69) is 5.32 Å². The van der Waals surface area contributed by atoms with Gasteiger partial charge in [0.2, 0.25) is 12.7 Å². The monoisotopic (exact) mass is 389 g/mol. The molecule has 5 rings (SSSR count). The molecule has 0 radical (unpaired) electrons. The number of anilines is 1. The molecule has 3 aromatic carbocycles. The smallest absolute Gasteiger partial charge is 0.235 e. The predicted octanol–water partition coefficient (Wildman–Crippen LogP) is 5.01. The molecule has 0 saturated heterocycles. The maximum absolute atomic E-state index is 13.2. The molecule has 2 N–H and O–H groups in total. The molecule has 2 aliphatic rings. The first-order chi connectivity index (χ1) is 14.0. The lowest BCUT2D eigenvalue weighted by molar-refractivity contribution is -0.118. The number of hydrogen-bond acceptors (Lipinski definition) is 4. The number of phenols is 1. The molecule has 0 spiro atoms. The van der Waals surface area contributed by atoms with Crippen LogP contribution in [0.15, 0.2) is 60.7 Å². The van der Waals surface area contributed by atoms with Crippen LogP contribution in [0.4, 0.5) is 5.69 Å². The van der Waals surface area contributed by atoms with E-state index >= 15 is 0 Å². The number of rotatable bonds is 4. The summed E-state index contributed by atoms with van der Waals surface area (Å²) in [6.45, 7) is 2.25. The first-order valence-electron chi connectivity index (χ1n) is 9.67. The first kappa shape index (κ1) is 17.6. The van der Waals surface area contributed by atoms with Crippen molar-refractivity contribution in [3.63, 3.8) is 0 Å². The maximum Gasteiger partial charge on any atom is 0.235 e. The summed E-state index contributed by atoms with van der Waals surface area (Å²) in [6, 6.07) is 18.7. The molecular formula is C24H23NO4. The quantitative estimate of drug-likeness (QED) is 0.658. The van der Waals surface area contributed by atoms with Crippen molar-refractivity contribution < 1.29 is 20.8 Å². The fourth-order valence-corrected chi connectivity index (χ4v) is 3.87. The molecule has 1 saturated carbocycles. The van der Waals surface area contributed by atoms with Gasteiger partial charge in [0.1, 0.15) is 5.75 Å². The van der Waals surface area contributed by atoms with Gasteiger partial charge in [-0.2, -0.15) is 0 Å².